The molecule has 190 valence electrons. The van der Waals surface area contributed by atoms with Gasteiger partial charge in [0.2, 0.25) is 0 Å². The summed E-state index contributed by atoms with van der Waals surface area (Å²) in [6, 6.07) is 10.5. The zero-order chi connectivity index (χ0) is 25.5. The van der Waals surface area contributed by atoms with Gasteiger partial charge in [-0.3, -0.25) is 9.35 Å². The van der Waals surface area contributed by atoms with E-state index in [2.05, 4.69) is 22.3 Å². The van der Waals surface area contributed by atoms with Gasteiger partial charge in [0.1, 0.15) is 6.04 Å². The quantitative estimate of drug-likeness (QED) is 0.544. The molecule has 0 amide bonds. The number of nitrogens with zero attached hydrogens (tertiary/aromatic N) is 1. The van der Waals surface area contributed by atoms with Gasteiger partial charge in [0.15, 0.2) is 0 Å². The molecule has 0 bridgehead atoms. The van der Waals surface area contributed by atoms with Crippen molar-refractivity contribution in [3.8, 4) is 0 Å². The van der Waals surface area contributed by atoms with Crippen LogP contribution in [0.1, 0.15) is 42.5 Å². The van der Waals surface area contributed by atoms with Crippen molar-refractivity contribution in [2.24, 2.45) is 10.6 Å². The van der Waals surface area contributed by atoms with Crippen LogP contribution >= 0.6 is 0 Å². The van der Waals surface area contributed by atoms with Crippen molar-refractivity contribution in [2.75, 3.05) is 37.0 Å². The Morgan fingerprint density at radius 1 is 1.18 bits per heavy atom. The summed E-state index contributed by atoms with van der Waals surface area (Å²) in [4.78, 5) is 2.17. The number of ether oxygens (including phenoxy) is 1. The van der Waals surface area contributed by atoms with Crippen molar-refractivity contribution in [3.63, 3.8) is 0 Å². The van der Waals surface area contributed by atoms with E-state index in [0.717, 1.165) is 42.7 Å². The number of methoxy groups -OCH3 is 1. The minimum Gasteiger partial charge on any atom is -0.760 e. The van der Waals surface area contributed by atoms with Crippen molar-refractivity contribution in [2.45, 2.75) is 45.8 Å². The van der Waals surface area contributed by atoms with E-state index in [0.29, 0.717) is 12.3 Å². The molecule has 0 saturated carbocycles. The molecule has 3 rings (SSSR count). The highest BCUT2D eigenvalue weighted by atomic mass is 32.2. The summed E-state index contributed by atoms with van der Waals surface area (Å²) in [6.07, 6.45) is -2.53. The van der Waals surface area contributed by atoms with E-state index in [1.807, 2.05) is 26.0 Å². The lowest BCUT2D eigenvalue weighted by molar-refractivity contribution is -0.144. The van der Waals surface area contributed by atoms with Crippen molar-refractivity contribution in [3.05, 3.63) is 59.2 Å². The lowest BCUT2D eigenvalue weighted by Crippen LogP contribution is -2.41. The number of piperidine rings is 1. The molecule has 2 aromatic rings. The van der Waals surface area contributed by atoms with E-state index in [1.165, 1.54) is 0 Å². The topological polar surface area (TPSA) is 90.7 Å². The second-order valence-electron chi connectivity index (χ2n) is 8.97. The molecule has 34 heavy (non-hydrogen) atoms. The molecule has 1 fully saturated rings. The maximum absolute atomic E-state index is 14.0. The number of anilines is 2. The Balaban J connectivity index is 0.000000945. The number of hydrogen-bond acceptors (Lipinski definition) is 5. The minimum absolute atomic E-state index is 0.113. The zero-order valence-electron chi connectivity index (χ0n) is 19.9. The highest BCUT2D eigenvalue weighted by molar-refractivity contribution is 7.76. The molecule has 10 heteroatoms. The molecule has 1 saturated heterocycles. The largest absolute Gasteiger partial charge is 0.760 e. The number of rotatable bonds is 6. The van der Waals surface area contributed by atoms with Crippen molar-refractivity contribution in [1.82, 2.24) is 0 Å². The molecule has 3 N–H and O–H groups in total. The Labute approximate surface area is 202 Å². The number of nitrogens with two attached hydrogens (primary N) is 1. The summed E-state index contributed by atoms with van der Waals surface area (Å²) in [6.45, 7) is 8.22. The Bertz CT molecular complexity index is 960. The summed E-state index contributed by atoms with van der Waals surface area (Å²) in [5, 5.41) is 6.83. The monoisotopic (exact) mass is 500 g/mol. The number of aryl methyl sites for hydroxylation is 2. The first-order chi connectivity index (χ1) is 15.9. The van der Waals surface area contributed by atoms with Crippen LogP contribution < -0.4 is 15.4 Å². The SMILES string of the molecule is COCC1(C)CCN(c2ccccc2NC(c2ccc(C)c(C)c2)C(F)(F)F)CC1.NS(=O)[O-]. The average Bonchev–Trinajstić information content (AvgIpc) is 2.74. The normalized spacial score (nSPS) is 17.4. The predicted molar refractivity (Wildman–Crippen MR) is 129 cm³/mol. The first-order valence-corrected chi connectivity index (χ1v) is 12.1. The van der Waals surface area contributed by atoms with Crippen LogP contribution in [0.25, 0.3) is 0 Å². The molecule has 6 nitrogen and oxygen atoms in total. The van der Waals surface area contributed by atoms with Gasteiger partial charge in [0.05, 0.1) is 18.0 Å². The van der Waals surface area contributed by atoms with Gasteiger partial charge in [-0.15, -0.1) is 0 Å². The summed E-state index contributed by atoms with van der Waals surface area (Å²) >= 11 is -2.36. The van der Waals surface area contributed by atoms with Gasteiger partial charge in [0.25, 0.3) is 0 Å². The van der Waals surface area contributed by atoms with Crippen LogP contribution in [0.3, 0.4) is 0 Å². The zero-order valence-corrected chi connectivity index (χ0v) is 20.8. The average molecular weight is 501 g/mol. The summed E-state index contributed by atoms with van der Waals surface area (Å²) in [5.74, 6) is 0. The standard InChI is InChI=1S/C24H31F3N2O.H3NO2S/c1-17-9-10-19(15-18(17)2)22(24(25,26)27)28-20-7-5-6-8-21(20)29-13-11-23(3,12-14-29)16-30-4;1-4(2)3/h5-10,15,22,28H,11-14,16H2,1-4H3;1H2,(H,2,3)/p-1. The summed E-state index contributed by atoms with van der Waals surface area (Å²) < 4.78 is 64.9. The third-order valence-corrected chi connectivity index (χ3v) is 6.20. The second kappa shape index (κ2) is 12.0. The van der Waals surface area contributed by atoms with Gasteiger partial charge in [-0.05, 0) is 60.9 Å². The van der Waals surface area contributed by atoms with Crippen LogP contribution in [-0.2, 0) is 16.0 Å². The third-order valence-electron chi connectivity index (χ3n) is 6.20. The van der Waals surface area contributed by atoms with Gasteiger partial charge in [0, 0.05) is 31.5 Å². The first kappa shape index (κ1) is 28.1. The van der Waals surface area contributed by atoms with E-state index in [-0.39, 0.29) is 11.0 Å². The van der Waals surface area contributed by atoms with Crippen LogP contribution in [0.5, 0.6) is 0 Å². The Kier molecular flexibility index (Phi) is 9.93. The number of nitrogens with one attached hydrogen (secondary N) is 1. The van der Waals surface area contributed by atoms with Gasteiger partial charge in [-0.1, -0.05) is 37.3 Å². The highest BCUT2D eigenvalue weighted by Gasteiger charge is 2.41. The lowest BCUT2D eigenvalue weighted by atomic mass is 9.81. The maximum Gasteiger partial charge on any atom is 0.412 e. The van der Waals surface area contributed by atoms with E-state index >= 15 is 0 Å². The van der Waals surface area contributed by atoms with E-state index in [9.17, 15) is 13.2 Å². The van der Waals surface area contributed by atoms with Crippen LogP contribution in [0.4, 0.5) is 24.5 Å². The second-order valence-corrected chi connectivity index (χ2v) is 9.49. The first-order valence-electron chi connectivity index (χ1n) is 10.9. The van der Waals surface area contributed by atoms with Gasteiger partial charge in [-0.2, -0.15) is 13.2 Å². The van der Waals surface area contributed by atoms with E-state index in [4.69, 9.17) is 13.5 Å². The van der Waals surface area contributed by atoms with Crippen LogP contribution in [0.15, 0.2) is 42.5 Å². The number of hydrogen-bond donors (Lipinski definition) is 2. The molecule has 0 aromatic heterocycles. The fraction of sp³-hybridized carbons (Fsp3) is 0.500. The lowest BCUT2D eigenvalue weighted by Gasteiger charge is -2.41. The van der Waals surface area contributed by atoms with Crippen molar-refractivity contribution in [1.29, 1.82) is 0 Å². The van der Waals surface area contributed by atoms with Gasteiger partial charge < -0.3 is 19.5 Å². The number of alkyl halides is 3. The molecular formula is C24H33F3N3O3S-. The third kappa shape index (κ3) is 7.97. The van der Waals surface area contributed by atoms with E-state index in [1.54, 1.807) is 37.4 Å². The number of para-hydroxylation sites is 2. The molecule has 1 aliphatic rings. The predicted octanol–water partition coefficient (Wildman–Crippen LogP) is 5.01. The molecule has 0 spiro atoms. The van der Waals surface area contributed by atoms with E-state index < -0.39 is 23.5 Å². The van der Waals surface area contributed by atoms with Crippen LogP contribution in [0, 0.1) is 19.3 Å². The Hall–Kier alpha value is -2.14. The van der Waals surface area contributed by atoms with Gasteiger partial charge >= 0.3 is 6.18 Å². The molecule has 1 aliphatic heterocycles. The molecule has 1 heterocycles. The Morgan fingerprint density at radius 3 is 2.29 bits per heavy atom. The van der Waals surface area contributed by atoms with Crippen molar-refractivity contribution >= 4 is 22.6 Å². The molecule has 2 aromatic carbocycles. The summed E-state index contributed by atoms with van der Waals surface area (Å²) in [5.41, 5.74) is 3.50. The highest BCUT2D eigenvalue weighted by Crippen LogP contribution is 2.40. The summed E-state index contributed by atoms with van der Waals surface area (Å²) in [7, 11) is 1.71. The van der Waals surface area contributed by atoms with Crippen LogP contribution in [-0.4, -0.2) is 41.7 Å². The Morgan fingerprint density at radius 2 is 1.76 bits per heavy atom. The number of benzene rings is 2. The molecule has 0 aliphatic carbocycles. The van der Waals surface area contributed by atoms with Crippen LogP contribution in [0.2, 0.25) is 0 Å². The fourth-order valence-corrected chi connectivity index (χ4v) is 4.11. The molecule has 2 atom stereocenters. The number of halogens is 3. The fourth-order valence-electron chi connectivity index (χ4n) is 4.11. The van der Waals surface area contributed by atoms with Gasteiger partial charge in [-0.25, -0.2) is 0 Å². The maximum atomic E-state index is 14.0. The molecule has 0 radical (unpaired) electrons. The molecule has 2 unspecified atom stereocenters. The minimum atomic E-state index is -4.41. The molecular weight excluding hydrogens is 467 g/mol. The van der Waals surface area contributed by atoms with Crippen molar-refractivity contribution < 1.29 is 26.7 Å². The smallest absolute Gasteiger partial charge is 0.412 e.